The number of hydrogen-bond donors (Lipinski definition) is 1. The highest BCUT2D eigenvalue weighted by molar-refractivity contribution is 6.30. The highest BCUT2D eigenvalue weighted by Crippen LogP contribution is 2.09. The molecule has 0 unspecified atom stereocenters. The van der Waals surface area contributed by atoms with Gasteiger partial charge in [-0.05, 0) is 30.3 Å². The van der Waals surface area contributed by atoms with Gasteiger partial charge in [-0.3, -0.25) is 4.79 Å². The summed E-state index contributed by atoms with van der Waals surface area (Å²) in [4.78, 5) is 15.6. The molecule has 0 aliphatic rings. The summed E-state index contributed by atoms with van der Waals surface area (Å²) < 4.78 is 0. The number of pyridine rings is 1. The summed E-state index contributed by atoms with van der Waals surface area (Å²) in [5.74, 6) is -0.267. The number of nitrogens with one attached hydrogen (secondary N) is 1. The second-order valence-corrected chi connectivity index (χ2v) is 3.54. The van der Waals surface area contributed by atoms with E-state index >= 15 is 0 Å². The summed E-state index contributed by atoms with van der Waals surface area (Å²) in [6, 6.07) is 13.1. The Morgan fingerprint density at radius 2 is 2.25 bits per heavy atom. The predicted octanol–water partition coefficient (Wildman–Crippen LogP) is 2.79. The van der Waals surface area contributed by atoms with E-state index in [0.717, 1.165) is 0 Å². The topological polar surface area (TPSA) is 42.0 Å². The first-order chi connectivity index (χ1) is 7.75. The Balaban J connectivity index is 2.12. The quantitative estimate of drug-likeness (QED) is 0.864. The molecular formula is C12H8ClN2O. The molecule has 0 bridgehead atoms. The van der Waals surface area contributed by atoms with Gasteiger partial charge in [-0.2, -0.15) is 0 Å². The molecule has 0 fully saturated rings. The van der Waals surface area contributed by atoms with Crippen LogP contribution in [0.15, 0.2) is 42.6 Å². The van der Waals surface area contributed by atoms with Crippen molar-refractivity contribution in [2.24, 2.45) is 0 Å². The van der Waals surface area contributed by atoms with Crippen LogP contribution in [0.25, 0.3) is 0 Å². The Labute approximate surface area is 98.1 Å². The largest absolute Gasteiger partial charge is 0.321 e. The molecule has 1 radical (unpaired) electrons. The lowest BCUT2D eigenvalue weighted by atomic mass is 10.3. The molecule has 1 aromatic carbocycles. The summed E-state index contributed by atoms with van der Waals surface area (Å²) in [5.41, 5.74) is 1.01. The molecule has 0 aliphatic heterocycles. The van der Waals surface area contributed by atoms with Crippen molar-refractivity contribution in [2.45, 2.75) is 0 Å². The van der Waals surface area contributed by atoms with Crippen molar-refractivity contribution in [3.63, 3.8) is 0 Å². The van der Waals surface area contributed by atoms with Gasteiger partial charge in [0, 0.05) is 11.9 Å². The second kappa shape index (κ2) is 4.77. The molecule has 16 heavy (non-hydrogen) atoms. The normalized spacial score (nSPS) is 9.81. The lowest BCUT2D eigenvalue weighted by Crippen LogP contribution is -2.13. The fraction of sp³-hybridized carbons (Fsp3) is 0. The summed E-state index contributed by atoms with van der Waals surface area (Å²) in [6.07, 6.45) is 1.44. The number of carbonyl (C=O) groups excluding carboxylic acids is 1. The SMILES string of the molecule is O=C(Nc1c[c]ccc1)c1ccc(Cl)cn1. The maximum Gasteiger partial charge on any atom is 0.274 e. The van der Waals surface area contributed by atoms with E-state index in [9.17, 15) is 4.79 Å². The van der Waals surface area contributed by atoms with E-state index < -0.39 is 0 Å². The molecule has 1 N–H and O–H groups in total. The van der Waals surface area contributed by atoms with Crippen molar-refractivity contribution in [3.8, 4) is 0 Å². The van der Waals surface area contributed by atoms with Crippen LogP contribution in [-0.2, 0) is 0 Å². The monoisotopic (exact) mass is 231 g/mol. The van der Waals surface area contributed by atoms with Gasteiger partial charge >= 0.3 is 0 Å². The van der Waals surface area contributed by atoms with Gasteiger partial charge in [0.15, 0.2) is 0 Å². The Morgan fingerprint density at radius 3 is 2.88 bits per heavy atom. The van der Waals surface area contributed by atoms with E-state index in [4.69, 9.17) is 11.6 Å². The van der Waals surface area contributed by atoms with Crippen LogP contribution in [0.2, 0.25) is 5.02 Å². The van der Waals surface area contributed by atoms with Gasteiger partial charge < -0.3 is 5.32 Å². The van der Waals surface area contributed by atoms with Crippen LogP contribution in [0.4, 0.5) is 5.69 Å². The molecule has 2 rings (SSSR count). The van der Waals surface area contributed by atoms with Gasteiger partial charge in [-0.1, -0.05) is 23.7 Å². The standard InChI is InChI=1S/C12H8ClN2O/c13-9-6-7-11(14-8-9)12(16)15-10-4-2-1-3-5-10/h1-2,4-8H,(H,15,16). The van der Waals surface area contributed by atoms with E-state index in [0.29, 0.717) is 16.4 Å². The maximum absolute atomic E-state index is 11.7. The van der Waals surface area contributed by atoms with Gasteiger partial charge in [0.05, 0.1) is 5.02 Å². The predicted molar refractivity (Wildman–Crippen MR) is 62.5 cm³/mol. The molecule has 1 heterocycles. The second-order valence-electron chi connectivity index (χ2n) is 3.11. The zero-order valence-corrected chi connectivity index (χ0v) is 9.03. The molecule has 0 saturated heterocycles. The third-order valence-corrected chi connectivity index (χ3v) is 2.15. The summed E-state index contributed by atoms with van der Waals surface area (Å²) >= 11 is 5.68. The summed E-state index contributed by atoms with van der Waals surface area (Å²) in [6.45, 7) is 0. The molecule has 1 amide bonds. The van der Waals surface area contributed by atoms with E-state index in [1.807, 2.05) is 0 Å². The van der Waals surface area contributed by atoms with Crippen molar-refractivity contribution < 1.29 is 4.79 Å². The fourth-order valence-electron chi connectivity index (χ4n) is 1.18. The van der Waals surface area contributed by atoms with Crippen LogP contribution in [0, 0.1) is 6.07 Å². The fourth-order valence-corrected chi connectivity index (χ4v) is 1.29. The summed E-state index contributed by atoms with van der Waals surface area (Å²) in [7, 11) is 0. The molecule has 2 aromatic rings. The number of carbonyl (C=O) groups is 1. The van der Waals surface area contributed by atoms with Crippen LogP contribution >= 0.6 is 11.6 Å². The van der Waals surface area contributed by atoms with Crippen molar-refractivity contribution in [1.82, 2.24) is 4.98 Å². The molecule has 0 aliphatic carbocycles. The van der Waals surface area contributed by atoms with Crippen molar-refractivity contribution in [1.29, 1.82) is 0 Å². The molecule has 3 nitrogen and oxygen atoms in total. The van der Waals surface area contributed by atoms with Crippen molar-refractivity contribution in [2.75, 3.05) is 5.32 Å². The molecule has 79 valence electrons. The van der Waals surface area contributed by atoms with Crippen LogP contribution in [0.1, 0.15) is 10.5 Å². The van der Waals surface area contributed by atoms with E-state index in [2.05, 4.69) is 16.4 Å². The zero-order valence-electron chi connectivity index (χ0n) is 8.27. The lowest BCUT2D eigenvalue weighted by Gasteiger charge is -2.03. The number of halogens is 1. The third-order valence-electron chi connectivity index (χ3n) is 1.92. The number of nitrogens with zero attached hydrogens (tertiary/aromatic N) is 1. The zero-order chi connectivity index (χ0) is 11.4. The minimum absolute atomic E-state index is 0.267. The minimum atomic E-state index is -0.267. The first-order valence-electron chi connectivity index (χ1n) is 4.65. The first kappa shape index (κ1) is 10.6. The molecule has 0 saturated carbocycles. The average molecular weight is 232 g/mol. The number of benzene rings is 1. The van der Waals surface area contributed by atoms with Crippen LogP contribution in [-0.4, -0.2) is 10.9 Å². The Kier molecular flexibility index (Phi) is 3.17. The molecule has 0 spiro atoms. The Hall–Kier alpha value is -1.87. The van der Waals surface area contributed by atoms with Crippen molar-refractivity contribution >= 4 is 23.2 Å². The van der Waals surface area contributed by atoms with E-state index in [1.54, 1.807) is 36.4 Å². The van der Waals surface area contributed by atoms with Gasteiger partial charge in [-0.25, -0.2) is 4.98 Å². The lowest BCUT2D eigenvalue weighted by molar-refractivity contribution is 0.102. The number of amides is 1. The van der Waals surface area contributed by atoms with Gasteiger partial charge in [0.2, 0.25) is 0 Å². The third kappa shape index (κ3) is 2.58. The van der Waals surface area contributed by atoms with Crippen LogP contribution in [0.5, 0.6) is 0 Å². The number of aromatic nitrogens is 1. The van der Waals surface area contributed by atoms with Crippen LogP contribution in [0.3, 0.4) is 0 Å². The Morgan fingerprint density at radius 1 is 1.38 bits per heavy atom. The Bertz CT molecular complexity index is 482. The smallest absolute Gasteiger partial charge is 0.274 e. The van der Waals surface area contributed by atoms with Gasteiger partial charge in [-0.15, -0.1) is 0 Å². The molecule has 0 atom stereocenters. The highest BCUT2D eigenvalue weighted by atomic mass is 35.5. The molecular weight excluding hydrogens is 224 g/mol. The molecule has 1 aromatic heterocycles. The molecule has 4 heteroatoms. The van der Waals surface area contributed by atoms with E-state index in [1.165, 1.54) is 6.20 Å². The van der Waals surface area contributed by atoms with Crippen LogP contribution < -0.4 is 5.32 Å². The number of hydrogen-bond acceptors (Lipinski definition) is 2. The summed E-state index contributed by atoms with van der Waals surface area (Å²) in [5, 5.41) is 3.21. The average Bonchev–Trinajstić information content (AvgIpc) is 2.31. The first-order valence-corrected chi connectivity index (χ1v) is 5.02. The van der Waals surface area contributed by atoms with Gasteiger partial charge in [0.1, 0.15) is 5.69 Å². The minimum Gasteiger partial charge on any atom is -0.321 e. The van der Waals surface area contributed by atoms with E-state index in [-0.39, 0.29) is 5.91 Å². The van der Waals surface area contributed by atoms with Crippen molar-refractivity contribution in [3.05, 3.63) is 59.4 Å². The maximum atomic E-state index is 11.7. The number of rotatable bonds is 2. The van der Waals surface area contributed by atoms with Gasteiger partial charge in [0.25, 0.3) is 5.91 Å². The number of anilines is 1. The highest BCUT2D eigenvalue weighted by Gasteiger charge is 2.06.